The smallest absolute Gasteiger partial charge is 0.303 e. The second kappa shape index (κ2) is 6.94. The van der Waals surface area contributed by atoms with Gasteiger partial charge >= 0.3 is 5.97 Å². The van der Waals surface area contributed by atoms with Crippen molar-refractivity contribution in [3.8, 4) is 21.8 Å². The third-order valence-corrected chi connectivity index (χ3v) is 4.82. The Kier molecular flexibility index (Phi) is 4.74. The molecule has 0 spiro atoms. The van der Waals surface area contributed by atoms with Crippen LogP contribution in [0.25, 0.3) is 21.8 Å². The van der Waals surface area contributed by atoms with Gasteiger partial charge in [-0.25, -0.2) is 4.98 Å². The summed E-state index contributed by atoms with van der Waals surface area (Å²) in [4.78, 5) is 16.6. The maximum Gasteiger partial charge on any atom is 0.303 e. The van der Waals surface area contributed by atoms with Crippen LogP contribution in [-0.4, -0.2) is 16.1 Å². The van der Waals surface area contributed by atoms with E-state index in [1.165, 1.54) is 0 Å². The summed E-state index contributed by atoms with van der Waals surface area (Å²) in [6.45, 7) is 0. The summed E-state index contributed by atoms with van der Waals surface area (Å²) < 4.78 is 0. The Morgan fingerprint density at radius 2 is 1.74 bits per heavy atom. The number of aryl methyl sites for hydroxylation is 1. The van der Waals surface area contributed by atoms with Crippen LogP contribution in [0.5, 0.6) is 0 Å². The zero-order valence-electron chi connectivity index (χ0n) is 12.2. The molecule has 0 fully saturated rings. The second-order valence-corrected chi connectivity index (χ2v) is 6.58. The van der Waals surface area contributed by atoms with Crippen LogP contribution in [0.15, 0.2) is 54.6 Å². The van der Waals surface area contributed by atoms with Gasteiger partial charge in [-0.3, -0.25) is 4.79 Å². The van der Waals surface area contributed by atoms with Crippen molar-refractivity contribution in [2.24, 2.45) is 0 Å². The van der Waals surface area contributed by atoms with Crippen LogP contribution in [-0.2, 0) is 11.2 Å². The Hall–Kier alpha value is -2.17. The number of rotatable bonds is 5. The summed E-state index contributed by atoms with van der Waals surface area (Å²) in [5, 5.41) is 10.5. The lowest BCUT2D eigenvalue weighted by atomic mass is 10.1. The van der Waals surface area contributed by atoms with Crippen LogP contribution in [0.1, 0.15) is 11.3 Å². The van der Waals surface area contributed by atoms with Crippen LogP contribution in [0.3, 0.4) is 0 Å². The van der Waals surface area contributed by atoms with Crippen molar-refractivity contribution in [1.82, 2.24) is 4.98 Å². The molecule has 0 unspecified atom stereocenters. The predicted molar refractivity (Wildman–Crippen MR) is 94.0 cm³/mol. The second-order valence-electron chi connectivity index (χ2n) is 5.06. The lowest BCUT2D eigenvalue weighted by Gasteiger charge is -2.01. The number of aliphatic carboxylic acids is 1. The number of benzene rings is 2. The molecule has 0 aliphatic heterocycles. The van der Waals surface area contributed by atoms with Gasteiger partial charge in [0.2, 0.25) is 0 Å². The predicted octanol–water partition coefficient (Wildman–Crippen LogP) is 5.15. The molecule has 0 aliphatic rings. The van der Waals surface area contributed by atoms with Gasteiger partial charge < -0.3 is 5.11 Å². The monoisotopic (exact) mass is 343 g/mol. The van der Waals surface area contributed by atoms with Gasteiger partial charge in [0.1, 0.15) is 5.01 Å². The van der Waals surface area contributed by atoms with Crippen LogP contribution in [0.4, 0.5) is 0 Å². The molecular formula is C18H14ClNO2S. The van der Waals surface area contributed by atoms with E-state index in [4.69, 9.17) is 21.7 Å². The van der Waals surface area contributed by atoms with E-state index >= 15 is 0 Å². The van der Waals surface area contributed by atoms with Crippen molar-refractivity contribution in [1.29, 1.82) is 0 Å². The minimum Gasteiger partial charge on any atom is -0.481 e. The first-order chi connectivity index (χ1) is 11.1. The number of carboxylic acid groups (broad SMARTS) is 1. The number of aromatic nitrogens is 1. The van der Waals surface area contributed by atoms with E-state index in [-0.39, 0.29) is 6.42 Å². The fraction of sp³-hybridized carbons (Fsp3) is 0.111. The quantitative estimate of drug-likeness (QED) is 0.697. The molecule has 2 aromatic carbocycles. The highest BCUT2D eigenvalue weighted by atomic mass is 35.5. The average molecular weight is 344 g/mol. The number of carboxylic acids is 1. The molecular weight excluding hydrogens is 330 g/mol. The SMILES string of the molecule is O=C(O)CCc1sc(-c2ccccc2)nc1-c1ccc(Cl)cc1. The van der Waals surface area contributed by atoms with Gasteiger partial charge in [0.25, 0.3) is 0 Å². The summed E-state index contributed by atoms with van der Waals surface area (Å²) >= 11 is 7.49. The lowest BCUT2D eigenvalue weighted by molar-refractivity contribution is -0.136. The normalized spacial score (nSPS) is 10.7. The molecule has 23 heavy (non-hydrogen) atoms. The van der Waals surface area contributed by atoms with E-state index < -0.39 is 5.97 Å². The molecule has 5 heteroatoms. The van der Waals surface area contributed by atoms with Gasteiger partial charge in [-0.1, -0.05) is 54.1 Å². The lowest BCUT2D eigenvalue weighted by Crippen LogP contribution is -1.97. The van der Waals surface area contributed by atoms with Crippen molar-refractivity contribution in [3.63, 3.8) is 0 Å². The van der Waals surface area contributed by atoms with E-state index in [9.17, 15) is 4.79 Å². The molecule has 0 bridgehead atoms. The van der Waals surface area contributed by atoms with Crippen molar-refractivity contribution in [3.05, 3.63) is 64.5 Å². The summed E-state index contributed by atoms with van der Waals surface area (Å²) in [7, 11) is 0. The van der Waals surface area contributed by atoms with Crippen molar-refractivity contribution >= 4 is 28.9 Å². The first kappa shape index (κ1) is 15.7. The number of hydrogen-bond donors (Lipinski definition) is 1. The summed E-state index contributed by atoms with van der Waals surface area (Å²) in [6, 6.07) is 17.4. The minimum absolute atomic E-state index is 0.0943. The summed E-state index contributed by atoms with van der Waals surface area (Å²) in [6.07, 6.45) is 0.564. The molecule has 0 atom stereocenters. The molecule has 0 amide bonds. The molecule has 0 aliphatic carbocycles. The first-order valence-corrected chi connectivity index (χ1v) is 8.36. The Morgan fingerprint density at radius 1 is 1.04 bits per heavy atom. The zero-order valence-corrected chi connectivity index (χ0v) is 13.8. The molecule has 0 saturated heterocycles. The highest BCUT2D eigenvalue weighted by molar-refractivity contribution is 7.15. The molecule has 116 valence electrons. The van der Waals surface area contributed by atoms with Gasteiger partial charge in [-0.2, -0.15) is 0 Å². The standard InChI is InChI=1S/C18H14ClNO2S/c19-14-8-6-12(7-9-14)17-15(10-11-16(21)22)23-18(20-17)13-4-2-1-3-5-13/h1-9H,10-11H2,(H,21,22). The molecule has 0 radical (unpaired) electrons. The molecule has 3 aromatic rings. The Morgan fingerprint density at radius 3 is 2.39 bits per heavy atom. The zero-order chi connectivity index (χ0) is 16.2. The molecule has 1 N–H and O–H groups in total. The maximum absolute atomic E-state index is 10.9. The highest BCUT2D eigenvalue weighted by Gasteiger charge is 2.15. The van der Waals surface area contributed by atoms with Gasteiger partial charge in [0.15, 0.2) is 0 Å². The van der Waals surface area contributed by atoms with Gasteiger partial charge in [0, 0.05) is 21.0 Å². The fourth-order valence-corrected chi connectivity index (χ4v) is 3.49. The number of halogens is 1. The van der Waals surface area contributed by atoms with Gasteiger partial charge in [-0.05, 0) is 18.6 Å². The van der Waals surface area contributed by atoms with Crippen molar-refractivity contribution in [2.45, 2.75) is 12.8 Å². The van der Waals surface area contributed by atoms with Crippen LogP contribution in [0.2, 0.25) is 5.02 Å². The Bertz CT molecular complexity index is 813. The molecule has 1 heterocycles. The van der Waals surface area contributed by atoms with E-state index in [2.05, 4.69) is 0 Å². The van der Waals surface area contributed by atoms with Crippen LogP contribution < -0.4 is 0 Å². The third kappa shape index (κ3) is 3.78. The van der Waals surface area contributed by atoms with Crippen LogP contribution >= 0.6 is 22.9 Å². The third-order valence-electron chi connectivity index (χ3n) is 3.40. The Balaban J connectivity index is 2.03. The maximum atomic E-state index is 10.9. The van der Waals surface area contributed by atoms with Crippen LogP contribution in [0, 0.1) is 0 Å². The fourth-order valence-electron chi connectivity index (χ4n) is 2.28. The largest absolute Gasteiger partial charge is 0.481 e. The van der Waals surface area contributed by atoms with Crippen molar-refractivity contribution in [2.75, 3.05) is 0 Å². The van der Waals surface area contributed by atoms with Gasteiger partial charge in [-0.15, -0.1) is 11.3 Å². The topological polar surface area (TPSA) is 50.2 Å². The van der Waals surface area contributed by atoms with E-state index in [1.807, 2.05) is 54.6 Å². The number of hydrogen-bond acceptors (Lipinski definition) is 3. The number of carbonyl (C=O) groups is 1. The molecule has 0 saturated carbocycles. The number of thiazole rings is 1. The average Bonchev–Trinajstić information content (AvgIpc) is 2.99. The highest BCUT2D eigenvalue weighted by Crippen LogP contribution is 2.35. The van der Waals surface area contributed by atoms with E-state index in [0.717, 1.165) is 26.7 Å². The first-order valence-electron chi connectivity index (χ1n) is 7.16. The molecule has 1 aromatic heterocycles. The number of nitrogens with zero attached hydrogens (tertiary/aromatic N) is 1. The summed E-state index contributed by atoms with van der Waals surface area (Å²) in [5.41, 5.74) is 2.83. The van der Waals surface area contributed by atoms with E-state index in [1.54, 1.807) is 11.3 Å². The Labute approximate surface area is 143 Å². The molecule has 3 nitrogen and oxygen atoms in total. The van der Waals surface area contributed by atoms with E-state index in [0.29, 0.717) is 11.4 Å². The summed E-state index contributed by atoms with van der Waals surface area (Å²) in [5.74, 6) is -0.804. The van der Waals surface area contributed by atoms with Crippen molar-refractivity contribution < 1.29 is 9.90 Å². The minimum atomic E-state index is -0.804. The molecule has 3 rings (SSSR count). The van der Waals surface area contributed by atoms with Gasteiger partial charge in [0.05, 0.1) is 12.1 Å².